The second-order valence-electron chi connectivity index (χ2n) is 5.81. The number of nitrogens with one attached hydrogen (secondary N) is 1. The Balaban J connectivity index is 1.85. The lowest BCUT2D eigenvalue weighted by Gasteiger charge is -2.36. The van der Waals surface area contributed by atoms with Crippen molar-refractivity contribution in [2.45, 2.75) is 24.8 Å². The van der Waals surface area contributed by atoms with Crippen LogP contribution in [0, 0.1) is 0 Å². The zero-order valence-corrected chi connectivity index (χ0v) is 13.8. The first-order valence-corrected chi connectivity index (χ1v) is 8.08. The lowest BCUT2D eigenvalue weighted by atomic mass is 9.73. The van der Waals surface area contributed by atoms with E-state index in [0.717, 1.165) is 11.4 Å². The molecule has 1 aromatic heterocycles. The first-order chi connectivity index (χ1) is 11.1. The topological polar surface area (TPSA) is 56.2 Å². The van der Waals surface area contributed by atoms with E-state index in [4.69, 9.17) is 16.3 Å². The highest BCUT2D eigenvalue weighted by Gasteiger charge is 2.42. The molecule has 3 rings (SSSR count). The number of aromatic nitrogens is 2. The van der Waals surface area contributed by atoms with Gasteiger partial charge in [-0.3, -0.25) is 4.79 Å². The van der Waals surface area contributed by atoms with Gasteiger partial charge >= 0.3 is 0 Å². The molecule has 0 unspecified atom stereocenters. The van der Waals surface area contributed by atoms with Crippen LogP contribution < -0.4 is 5.32 Å². The smallest absolute Gasteiger partial charge is 0.231 e. The van der Waals surface area contributed by atoms with Crippen molar-refractivity contribution in [3.8, 4) is 0 Å². The molecular formula is C17H20ClN3O2. The first-order valence-electron chi connectivity index (χ1n) is 7.71. The van der Waals surface area contributed by atoms with Gasteiger partial charge in [0.2, 0.25) is 5.91 Å². The number of rotatable bonds is 4. The van der Waals surface area contributed by atoms with Gasteiger partial charge in [-0.2, -0.15) is 0 Å². The fraction of sp³-hybridized carbons (Fsp3) is 0.412. The van der Waals surface area contributed by atoms with Crippen LogP contribution in [-0.4, -0.2) is 28.7 Å². The van der Waals surface area contributed by atoms with E-state index in [1.54, 1.807) is 6.20 Å². The van der Waals surface area contributed by atoms with Crippen molar-refractivity contribution in [1.82, 2.24) is 14.9 Å². The van der Waals surface area contributed by atoms with Crippen molar-refractivity contribution in [1.29, 1.82) is 0 Å². The van der Waals surface area contributed by atoms with Gasteiger partial charge in [0.1, 0.15) is 5.82 Å². The number of hydrogen-bond acceptors (Lipinski definition) is 3. The van der Waals surface area contributed by atoms with Gasteiger partial charge in [0.05, 0.1) is 12.0 Å². The molecule has 0 saturated carbocycles. The fourth-order valence-electron chi connectivity index (χ4n) is 3.08. The van der Waals surface area contributed by atoms with Gasteiger partial charge in [0.15, 0.2) is 0 Å². The van der Waals surface area contributed by atoms with Gasteiger partial charge in [-0.1, -0.05) is 29.8 Å². The van der Waals surface area contributed by atoms with E-state index >= 15 is 0 Å². The van der Waals surface area contributed by atoms with E-state index in [2.05, 4.69) is 10.3 Å². The Labute approximate surface area is 140 Å². The Morgan fingerprint density at radius 3 is 2.78 bits per heavy atom. The Morgan fingerprint density at radius 1 is 1.39 bits per heavy atom. The SMILES string of the molecule is Cn1ccnc1CNC(=O)C1(c2ccccc2Cl)CCOCC1. The maximum absolute atomic E-state index is 13.0. The molecule has 2 heterocycles. The van der Waals surface area contributed by atoms with Crippen LogP contribution in [0.4, 0.5) is 0 Å². The zero-order valence-electron chi connectivity index (χ0n) is 13.1. The maximum atomic E-state index is 13.0. The van der Waals surface area contributed by atoms with Crippen molar-refractivity contribution in [3.63, 3.8) is 0 Å². The molecule has 1 aliphatic heterocycles. The van der Waals surface area contributed by atoms with Crippen molar-refractivity contribution < 1.29 is 9.53 Å². The van der Waals surface area contributed by atoms with E-state index in [0.29, 0.717) is 37.6 Å². The largest absolute Gasteiger partial charge is 0.381 e. The number of nitrogens with zero attached hydrogens (tertiary/aromatic N) is 2. The molecule has 1 aromatic carbocycles. The highest BCUT2D eigenvalue weighted by molar-refractivity contribution is 6.31. The molecule has 6 heteroatoms. The highest BCUT2D eigenvalue weighted by Crippen LogP contribution is 2.38. The summed E-state index contributed by atoms with van der Waals surface area (Å²) in [5.41, 5.74) is 0.240. The second kappa shape index (κ2) is 6.72. The van der Waals surface area contributed by atoms with E-state index in [1.807, 2.05) is 42.1 Å². The summed E-state index contributed by atoms with van der Waals surface area (Å²) in [5, 5.41) is 3.65. The number of benzene rings is 1. The fourth-order valence-corrected chi connectivity index (χ4v) is 3.40. The molecule has 0 spiro atoms. The standard InChI is InChI=1S/C17H20ClN3O2/c1-21-9-8-19-15(21)12-20-16(22)17(6-10-23-11-7-17)13-4-2-3-5-14(13)18/h2-5,8-9H,6-7,10-12H2,1H3,(H,20,22). The minimum atomic E-state index is -0.637. The molecule has 1 aliphatic rings. The van der Waals surface area contributed by atoms with E-state index in [1.165, 1.54) is 0 Å². The minimum absolute atomic E-state index is 0.0168. The van der Waals surface area contributed by atoms with Crippen molar-refractivity contribution in [2.24, 2.45) is 7.05 Å². The Bertz CT molecular complexity index is 693. The van der Waals surface area contributed by atoms with E-state index in [-0.39, 0.29) is 5.91 Å². The number of ether oxygens (including phenoxy) is 1. The summed E-state index contributed by atoms with van der Waals surface area (Å²) in [6.45, 7) is 1.51. The van der Waals surface area contributed by atoms with Gasteiger partial charge in [0, 0.05) is 37.7 Å². The summed E-state index contributed by atoms with van der Waals surface area (Å²) in [4.78, 5) is 17.3. The lowest BCUT2D eigenvalue weighted by Crippen LogP contribution is -2.48. The third-order valence-corrected chi connectivity index (χ3v) is 4.83. The van der Waals surface area contributed by atoms with Crippen LogP contribution >= 0.6 is 11.6 Å². The molecule has 0 bridgehead atoms. The number of hydrogen-bond donors (Lipinski definition) is 1. The van der Waals surface area contributed by atoms with Gasteiger partial charge < -0.3 is 14.6 Å². The number of amides is 1. The quantitative estimate of drug-likeness (QED) is 0.935. The second-order valence-corrected chi connectivity index (χ2v) is 6.22. The Hall–Kier alpha value is -1.85. The number of halogens is 1. The van der Waals surface area contributed by atoms with Crippen LogP contribution in [0.25, 0.3) is 0 Å². The van der Waals surface area contributed by atoms with Gasteiger partial charge in [-0.05, 0) is 24.5 Å². The molecule has 23 heavy (non-hydrogen) atoms. The zero-order chi connectivity index (χ0) is 16.3. The van der Waals surface area contributed by atoms with Gasteiger partial charge in [-0.25, -0.2) is 4.98 Å². The predicted molar refractivity (Wildman–Crippen MR) is 88.2 cm³/mol. The van der Waals surface area contributed by atoms with Crippen molar-refractivity contribution >= 4 is 17.5 Å². The maximum Gasteiger partial charge on any atom is 0.231 e. The van der Waals surface area contributed by atoms with Crippen LogP contribution in [0.1, 0.15) is 24.2 Å². The number of aryl methyl sites for hydroxylation is 1. The lowest BCUT2D eigenvalue weighted by molar-refractivity contribution is -0.130. The van der Waals surface area contributed by atoms with Crippen LogP contribution in [0.2, 0.25) is 5.02 Å². The van der Waals surface area contributed by atoms with Crippen molar-refractivity contribution in [2.75, 3.05) is 13.2 Å². The third kappa shape index (κ3) is 3.12. The summed E-state index contributed by atoms with van der Waals surface area (Å²) < 4.78 is 7.36. The average molecular weight is 334 g/mol. The highest BCUT2D eigenvalue weighted by atomic mass is 35.5. The number of carbonyl (C=O) groups is 1. The molecule has 2 aromatic rings. The predicted octanol–water partition coefficient (Wildman–Crippen LogP) is 2.44. The molecule has 5 nitrogen and oxygen atoms in total. The molecule has 1 saturated heterocycles. The molecule has 1 amide bonds. The average Bonchev–Trinajstić information content (AvgIpc) is 2.99. The summed E-state index contributed by atoms with van der Waals surface area (Å²) >= 11 is 6.38. The van der Waals surface area contributed by atoms with Gasteiger partial charge in [-0.15, -0.1) is 0 Å². The normalized spacial score (nSPS) is 17.0. The molecule has 1 N–H and O–H groups in total. The molecule has 0 aliphatic carbocycles. The monoisotopic (exact) mass is 333 g/mol. The summed E-state index contributed by atoms with van der Waals surface area (Å²) in [6, 6.07) is 7.57. The van der Waals surface area contributed by atoms with Crippen LogP contribution in [0.3, 0.4) is 0 Å². The molecule has 1 fully saturated rings. The third-order valence-electron chi connectivity index (χ3n) is 4.50. The molecule has 0 radical (unpaired) electrons. The van der Waals surface area contributed by atoms with Crippen LogP contribution in [-0.2, 0) is 28.5 Å². The number of imidazole rings is 1. The molecular weight excluding hydrogens is 314 g/mol. The van der Waals surface area contributed by atoms with Crippen molar-refractivity contribution in [3.05, 3.63) is 53.1 Å². The molecule has 122 valence electrons. The minimum Gasteiger partial charge on any atom is -0.381 e. The summed E-state index contributed by atoms with van der Waals surface area (Å²) in [7, 11) is 1.91. The summed E-state index contributed by atoms with van der Waals surface area (Å²) in [6.07, 6.45) is 4.84. The van der Waals surface area contributed by atoms with E-state index < -0.39 is 5.41 Å². The summed E-state index contributed by atoms with van der Waals surface area (Å²) in [5.74, 6) is 0.802. The molecule has 0 atom stereocenters. The van der Waals surface area contributed by atoms with E-state index in [9.17, 15) is 4.79 Å². The Kier molecular flexibility index (Phi) is 4.68. The van der Waals surface area contributed by atoms with Gasteiger partial charge in [0.25, 0.3) is 0 Å². The Morgan fingerprint density at radius 2 is 2.13 bits per heavy atom. The first kappa shape index (κ1) is 16.0. The number of carbonyl (C=O) groups excluding carboxylic acids is 1. The van der Waals surface area contributed by atoms with Crippen LogP contribution in [0.5, 0.6) is 0 Å². The van der Waals surface area contributed by atoms with Crippen LogP contribution in [0.15, 0.2) is 36.7 Å².